The maximum Gasteiger partial charge on any atom is 0.270 e. The first-order valence-corrected chi connectivity index (χ1v) is 9.74. The molecule has 0 spiro atoms. The minimum Gasteiger partial charge on any atom is -0.298 e. The zero-order valence-corrected chi connectivity index (χ0v) is 17.0. The van der Waals surface area contributed by atoms with Crippen LogP contribution in [0.5, 0.6) is 0 Å². The number of rotatable bonds is 3. The fourth-order valence-electron chi connectivity index (χ4n) is 3.12. The molecule has 148 valence electrons. The third-order valence-electron chi connectivity index (χ3n) is 4.54. The van der Waals surface area contributed by atoms with Crippen molar-refractivity contribution < 1.29 is 14.0 Å². The summed E-state index contributed by atoms with van der Waals surface area (Å²) in [5.74, 6) is -1.46. The smallest absolute Gasteiger partial charge is 0.270 e. The third kappa shape index (κ3) is 4.01. The molecule has 1 aliphatic heterocycles. The van der Waals surface area contributed by atoms with E-state index in [2.05, 4.69) is 5.32 Å². The fraction of sp³-hybridized carbons (Fsp3) is 0. The second-order valence-corrected chi connectivity index (χ2v) is 7.39. The Bertz CT molecular complexity index is 1210. The molecule has 4 rings (SSSR count). The molecular weight excluding hydrogens is 423 g/mol. The molecule has 1 aliphatic rings. The molecule has 3 aromatic carbocycles. The molecule has 0 radical (unpaired) electrons. The molecule has 1 N–H and O–H groups in total. The van der Waals surface area contributed by atoms with E-state index in [4.69, 9.17) is 23.8 Å². The van der Waals surface area contributed by atoms with Crippen molar-refractivity contribution in [3.8, 4) is 11.1 Å². The van der Waals surface area contributed by atoms with E-state index >= 15 is 0 Å². The van der Waals surface area contributed by atoms with E-state index in [1.54, 1.807) is 54.6 Å². The summed E-state index contributed by atoms with van der Waals surface area (Å²) in [5.41, 5.74) is 2.51. The molecule has 1 heterocycles. The predicted molar refractivity (Wildman–Crippen MR) is 119 cm³/mol. The van der Waals surface area contributed by atoms with Gasteiger partial charge in [-0.05, 0) is 77.4 Å². The van der Waals surface area contributed by atoms with Gasteiger partial charge in [0.25, 0.3) is 11.8 Å². The Morgan fingerprint density at radius 3 is 2.30 bits per heavy atom. The molecule has 0 aromatic heterocycles. The van der Waals surface area contributed by atoms with E-state index in [1.165, 1.54) is 23.1 Å². The van der Waals surface area contributed by atoms with Crippen molar-refractivity contribution in [1.82, 2.24) is 5.32 Å². The summed E-state index contributed by atoms with van der Waals surface area (Å²) in [7, 11) is 0. The van der Waals surface area contributed by atoms with Gasteiger partial charge in [0.05, 0.1) is 5.69 Å². The van der Waals surface area contributed by atoms with E-state index in [0.29, 0.717) is 21.8 Å². The molecule has 4 nitrogen and oxygen atoms in total. The maximum atomic E-state index is 13.6. The van der Waals surface area contributed by atoms with Crippen LogP contribution in [0.1, 0.15) is 5.56 Å². The summed E-state index contributed by atoms with van der Waals surface area (Å²) in [6.07, 6.45) is 1.49. The van der Waals surface area contributed by atoms with Crippen LogP contribution in [0, 0.1) is 5.82 Å². The van der Waals surface area contributed by atoms with Crippen LogP contribution in [0.15, 0.2) is 78.4 Å². The van der Waals surface area contributed by atoms with E-state index < -0.39 is 11.8 Å². The minimum atomic E-state index is -0.577. The van der Waals surface area contributed by atoms with Crippen molar-refractivity contribution in [1.29, 1.82) is 0 Å². The lowest BCUT2D eigenvalue weighted by molar-refractivity contribution is -0.122. The van der Waals surface area contributed by atoms with Gasteiger partial charge >= 0.3 is 0 Å². The summed E-state index contributed by atoms with van der Waals surface area (Å²) < 4.78 is 13.6. The first-order valence-electron chi connectivity index (χ1n) is 8.95. The van der Waals surface area contributed by atoms with Crippen LogP contribution in [0.3, 0.4) is 0 Å². The zero-order valence-electron chi connectivity index (χ0n) is 15.4. The number of anilines is 1. The van der Waals surface area contributed by atoms with Crippen molar-refractivity contribution in [2.24, 2.45) is 0 Å². The van der Waals surface area contributed by atoms with E-state index in [-0.39, 0.29) is 16.5 Å². The fourth-order valence-corrected chi connectivity index (χ4v) is 3.53. The Morgan fingerprint density at radius 2 is 1.60 bits per heavy atom. The van der Waals surface area contributed by atoms with Crippen LogP contribution in [0.25, 0.3) is 17.2 Å². The Morgan fingerprint density at radius 1 is 0.933 bits per heavy atom. The average Bonchev–Trinajstić information content (AvgIpc) is 2.73. The molecule has 0 unspecified atom stereocenters. The molecule has 0 bridgehead atoms. The number of thiocarbonyl (C=S) groups is 1. The van der Waals surface area contributed by atoms with Gasteiger partial charge in [0.15, 0.2) is 5.11 Å². The molecule has 2 amide bonds. The molecule has 30 heavy (non-hydrogen) atoms. The summed E-state index contributed by atoms with van der Waals surface area (Å²) in [4.78, 5) is 26.8. The summed E-state index contributed by atoms with van der Waals surface area (Å²) in [5, 5.41) is 3.06. The van der Waals surface area contributed by atoms with Gasteiger partial charge < -0.3 is 0 Å². The number of carbonyl (C=O) groups is 2. The molecule has 1 saturated heterocycles. The van der Waals surface area contributed by atoms with Gasteiger partial charge in [0.2, 0.25) is 0 Å². The second-order valence-electron chi connectivity index (χ2n) is 6.57. The van der Waals surface area contributed by atoms with E-state index in [0.717, 1.165) is 5.56 Å². The van der Waals surface area contributed by atoms with Gasteiger partial charge in [-0.1, -0.05) is 41.9 Å². The van der Waals surface area contributed by atoms with Crippen molar-refractivity contribution in [2.75, 3.05) is 4.90 Å². The maximum absolute atomic E-state index is 13.6. The van der Waals surface area contributed by atoms with Crippen LogP contribution in [-0.4, -0.2) is 16.9 Å². The predicted octanol–water partition coefficient (Wildman–Crippen LogP) is 4.98. The highest BCUT2D eigenvalue weighted by Crippen LogP contribution is 2.25. The number of nitrogens with one attached hydrogen (secondary N) is 1. The lowest BCUT2D eigenvalue weighted by Crippen LogP contribution is -2.54. The van der Waals surface area contributed by atoms with Crippen LogP contribution in [0.2, 0.25) is 5.02 Å². The lowest BCUT2D eigenvalue weighted by Gasteiger charge is -2.29. The van der Waals surface area contributed by atoms with Crippen molar-refractivity contribution in [3.05, 3.63) is 94.8 Å². The van der Waals surface area contributed by atoms with Crippen LogP contribution >= 0.6 is 23.8 Å². The van der Waals surface area contributed by atoms with Crippen molar-refractivity contribution >= 4 is 52.5 Å². The average molecular weight is 437 g/mol. The first-order chi connectivity index (χ1) is 14.4. The third-order valence-corrected chi connectivity index (χ3v) is 5.08. The van der Waals surface area contributed by atoms with E-state index in [1.807, 2.05) is 6.07 Å². The quantitative estimate of drug-likeness (QED) is 0.358. The van der Waals surface area contributed by atoms with Gasteiger partial charge in [0.1, 0.15) is 11.4 Å². The molecule has 0 aliphatic carbocycles. The molecule has 3 aromatic rings. The number of nitrogens with zero attached hydrogens (tertiary/aromatic N) is 1. The number of carbonyl (C=O) groups excluding carboxylic acids is 2. The number of hydrogen-bond acceptors (Lipinski definition) is 3. The summed E-state index contributed by atoms with van der Waals surface area (Å²) in [6, 6.07) is 19.9. The number of amides is 2. The van der Waals surface area contributed by atoms with Gasteiger partial charge in [0, 0.05) is 5.02 Å². The second kappa shape index (κ2) is 8.18. The highest BCUT2D eigenvalue weighted by Gasteiger charge is 2.34. The van der Waals surface area contributed by atoms with Crippen LogP contribution in [-0.2, 0) is 9.59 Å². The first kappa shape index (κ1) is 19.9. The topological polar surface area (TPSA) is 49.4 Å². The van der Waals surface area contributed by atoms with Crippen molar-refractivity contribution in [3.63, 3.8) is 0 Å². The molecular formula is C23H14ClFN2O2S. The minimum absolute atomic E-state index is 0.00187. The zero-order chi connectivity index (χ0) is 21.3. The normalized spacial score (nSPS) is 15.5. The molecule has 0 saturated carbocycles. The monoisotopic (exact) mass is 436 g/mol. The molecule has 0 atom stereocenters. The molecule has 1 fully saturated rings. The van der Waals surface area contributed by atoms with Gasteiger partial charge in [-0.3, -0.25) is 19.8 Å². The number of benzene rings is 3. The largest absolute Gasteiger partial charge is 0.298 e. The Labute approximate surface area is 182 Å². The summed E-state index contributed by atoms with van der Waals surface area (Å²) >= 11 is 11.1. The Hall–Kier alpha value is -3.35. The number of hydrogen-bond donors (Lipinski definition) is 1. The van der Waals surface area contributed by atoms with E-state index in [9.17, 15) is 14.0 Å². The summed E-state index contributed by atoms with van der Waals surface area (Å²) in [6.45, 7) is 0. The highest BCUT2D eigenvalue weighted by atomic mass is 35.5. The number of halogens is 2. The van der Waals surface area contributed by atoms with Crippen LogP contribution in [0.4, 0.5) is 10.1 Å². The lowest BCUT2D eigenvalue weighted by atomic mass is 10.0. The van der Waals surface area contributed by atoms with Gasteiger partial charge in [-0.2, -0.15) is 0 Å². The van der Waals surface area contributed by atoms with Crippen molar-refractivity contribution in [2.45, 2.75) is 0 Å². The SMILES string of the molecule is O=C1NC(=S)N(c2ccc(Cl)cc2)C(=O)/C1=C/c1cccc(-c2cccc(F)c2)c1. The molecule has 7 heteroatoms. The standard InChI is InChI=1S/C23H14ClFN2O2S/c24-17-7-9-19(10-8-17)27-22(29)20(21(28)26-23(27)30)12-14-3-1-4-15(11-14)16-5-2-6-18(25)13-16/h1-13H,(H,26,28,30)/b20-12+. The Balaban J connectivity index is 1.71. The van der Waals surface area contributed by atoms with Gasteiger partial charge in [-0.15, -0.1) is 0 Å². The van der Waals surface area contributed by atoms with Gasteiger partial charge in [-0.25, -0.2) is 4.39 Å². The Kier molecular flexibility index (Phi) is 5.44. The highest BCUT2D eigenvalue weighted by molar-refractivity contribution is 7.80. The van der Waals surface area contributed by atoms with Crippen LogP contribution < -0.4 is 10.2 Å².